The molecule has 1 aromatic carbocycles. The predicted octanol–water partition coefficient (Wildman–Crippen LogP) is 3.55. The van der Waals surface area contributed by atoms with Crippen LogP contribution in [0.15, 0.2) is 60.9 Å². The third kappa shape index (κ3) is 5.33. The van der Waals surface area contributed by atoms with Crippen molar-refractivity contribution in [2.24, 2.45) is 0 Å². The molecule has 1 atom stereocenters. The van der Waals surface area contributed by atoms with Crippen LogP contribution in [0.4, 0.5) is 17.2 Å². The van der Waals surface area contributed by atoms with Crippen LogP contribution in [0.3, 0.4) is 0 Å². The fraction of sp³-hybridized carbons (Fsp3) is 0.227. The molecule has 1 unspecified atom stereocenters. The van der Waals surface area contributed by atoms with Gasteiger partial charge in [0.25, 0.3) is 11.6 Å². The Kier molecular flexibility index (Phi) is 6.76. The number of anilines is 2. The van der Waals surface area contributed by atoms with Crippen molar-refractivity contribution in [2.45, 2.75) is 19.5 Å². The average Bonchev–Trinajstić information content (AvgIpc) is 2.78. The summed E-state index contributed by atoms with van der Waals surface area (Å²) < 4.78 is 0. The number of nitrogens with one attached hydrogen (secondary N) is 2. The van der Waals surface area contributed by atoms with Crippen LogP contribution >= 0.6 is 0 Å². The number of pyridine rings is 2. The summed E-state index contributed by atoms with van der Waals surface area (Å²) in [6, 6.07) is 13.3. The molecule has 0 aliphatic carbocycles. The van der Waals surface area contributed by atoms with Gasteiger partial charge in [0.1, 0.15) is 11.5 Å². The van der Waals surface area contributed by atoms with E-state index in [9.17, 15) is 14.9 Å². The number of benzene rings is 1. The summed E-state index contributed by atoms with van der Waals surface area (Å²) in [5.41, 5.74) is 1.95. The molecule has 160 valence electrons. The zero-order chi connectivity index (χ0) is 22.4. The first-order chi connectivity index (χ1) is 14.9. The lowest BCUT2D eigenvalue weighted by Gasteiger charge is -2.16. The molecule has 0 aliphatic rings. The molecule has 2 heterocycles. The van der Waals surface area contributed by atoms with Gasteiger partial charge in [0.15, 0.2) is 0 Å². The summed E-state index contributed by atoms with van der Waals surface area (Å²) >= 11 is 0. The van der Waals surface area contributed by atoms with Crippen LogP contribution in [0.25, 0.3) is 0 Å². The molecule has 0 spiro atoms. The predicted molar refractivity (Wildman–Crippen MR) is 119 cm³/mol. The Morgan fingerprint density at radius 2 is 1.90 bits per heavy atom. The maximum absolute atomic E-state index is 12.6. The summed E-state index contributed by atoms with van der Waals surface area (Å²) in [5, 5.41) is 17.5. The second-order valence-electron chi connectivity index (χ2n) is 7.17. The molecule has 31 heavy (non-hydrogen) atoms. The van der Waals surface area contributed by atoms with E-state index in [1.807, 2.05) is 44.1 Å². The maximum Gasteiger partial charge on any atom is 0.293 e. The quantitative estimate of drug-likeness (QED) is 0.423. The summed E-state index contributed by atoms with van der Waals surface area (Å²) in [4.78, 5) is 34.2. The van der Waals surface area contributed by atoms with E-state index >= 15 is 0 Å². The Bertz CT molecular complexity index is 1070. The second kappa shape index (κ2) is 9.66. The van der Waals surface area contributed by atoms with Gasteiger partial charge in [-0.25, -0.2) is 4.98 Å². The first kappa shape index (κ1) is 21.7. The summed E-state index contributed by atoms with van der Waals surface area (Å²) in [7, 11) is 3.74. The fourth-order valence-electron chi connectivity index (χ4n) is 3.13. The first-order valence-corrected chi connectivity index (χ1v) is 9.72. The molecule has 0 saturated heterocycles. The molecule has 0 fully saturated rings. The highest BCUT2D eigenvalue weighted by atomic mass is 16.6. The van der Waals surface area contributed by atoms with E-state index in [0.717, 1.165) is 17.1 Å². The summed E-state index contributed by atoms with van der Waals surface area (Å²) in [6.07, 6.45) is 3.35. The number of carbonyl (C=O) groups is 1. The Morgan fingerprint density at radius 1 is 1.13 bits per heavy atom. The van der Waals surface area contributed by atoms with Crippen molar-refractivity contribution < 1.29 is 9.72 Å². The van der Waals surface area contributed by atoms with Gasteiger partial charge in [-0.3, -0.25) is 19.9 Å². The highest BCUT2D eigenvalue weighted by Gasteiger charge is 2.20. The molecule has 2 N–H and O–H groups in total. The molecular weight excluding hydrogens is 396 g/mol. The first-order valence-electron chi connectivity index (χ1n) is 9.72. The van der Waals surface area contributed by atoms with Crippen molar-refractivity contribution in [1.29, 1.82) is 0 Å². The maximum atomic E-state index is 12.6. The average molecular weight is 420 g/mol. The van der Waals surface area contributed by atoms with Gasteiger partial charge in [-0.15, -0.1) is 0 Å². The zero-order valence-corrected chi connectivity index (χ0v) is 17.6. The topological polar surface area (TPSA) is 113 Å². The fourth-order valence-corrected chi connectivity index (χ4v) is 3.13. The number of hydrogen-bond donors (Lipinski definition) is 2. The minimum absolute atomic E-state index is 0.175. The summed E-state index contributed by atoms with van der Waals surface area (Å²) in [5.74, 6) is 0.345. The van der Waals surface area contributed by atoms with Gasteiger partial charge in [-0.1, -0.05) is 12.1 Å². The van der Waals surface area contributed by atoms with E-state index in [4.69, 9.17) is 0 Å². The molecule has 0 bridgehead atoms. The lowest BCUT2D eigenvalue weighted by atomic mass is 10.1. The van der Waals surface area contributed by atoms with E-state index in [-0.39, 0.29) is 23.8 Å². The monoisotopic (exact) mass is 420 g/mol. The molecule has 9 nitrogen and oxygen atoms in total. The molecule has 0 saturated carbocycles. The smallest absolute Gasteiger partial charge is 0.293 e. The minimum Gasteiger partial charge on any atom is -0.371 e. The van der Waals surface area contributed by atoms with E-state index in [1.54, 1.807) is 36.7 Å². The number of nitro benzene ring substituents is 1. The molecule has 0 radical (unpaired) electrons. The van der Waals surface area contributed by atoms with Gasteiger partial charge in [0.2, 0.25) is 0 Å². The van der Waals surface area contributed by atoms with E-state index in [1.165, 1.54) is 6.07 Å². The lowest BCUT2D eigenvalue weighted by Crippen LogP contribution is -2.24. The van der Waals surface area contributed by atoms with Crippen molar-refractivity contribution in [3.05, 3.63) is 87.9 Å². The van der Waals surface area contributed by atoms with Gasteiger partial charge in [-0.2, -0.15) is 0 Å². The second-order valence-corrected chi connectivity index (χ2v) is 7.17. The van der Waals surface area contributed by atoms with Crippen LogP contribution in [0, 0.1) is 10.1 Å². The number of hydrogen-bond acceptors (Lipinski definition) is 7. The van der Waals surface area contributed by atoms with Crippen LogP contribution in [-0.2, 0) is 6.54 Å². The van der Waals surface area contributed by atoms with Gasteiger partial charge in [0.05, 0.1) is 16.7 Å². The number of rotatable bonds is 8. The molecule has 3 rings (SSSR count). The van der Waals surface area contributed by atoms with E-state index < -0.39 is 10.8 Å². The van der Waals surface area contributed by atoms with Gasteiger partial charge in [0, 0.05) is 50.2 Å². The minimum atomic E-state index is -0.504. The number of aromatic nitrogens is 2. The van der Waals surface area contributed by atoms with Crippen LogP contribution < -0.4 is 15.5 Å². The lowest BCUT2D eigenvalue weighted by molar-refractivity contribution is -0.384. The molecule has 1 amide bonds. The molecular formula is C22H24N6O3. The third-order valence-corrected chi connectivity index (χ3v) is 4.69. The number of nitrogens with zero attached hydrogens (tertiary/aromatic N) is 4. The van der Waals surface area contributed by atoms with Crippen molar-refractivity contribution in [1.82, 2.24) is 15.3 Å². The zero-order valence-electron chi connectivity index (χ0n) is 17.6. The van der Waals surface area contributed by atoms with Crippen LogP contribution in [0.2, 0.25) is 0 Å². The summed E-state index contributed by atoms with van der Waals surface area (Å²) in [6.45, 7) is 2.12. The Labute approximate surface area is 180 Å². The SMILES string of the molecule is CC(Nc1ccc(C(=O)NCc2cccnc2N(C)C)cc1[N+](=O)[O-])c1ccccn1. The standard InChI is InChI=1S/C22H24N6O3/c1-15(18-8-4-5-11-23-18)26-19-10-9-16(13-20(19)28(30)31)22(29)25-14-17-7-6-12-24-21(17)27(2)3/h4-13,15,26H,14H2,1-3H3,(H,25,29). The Balaban J connectivity index is 1.76. The van der Waals surface area contributed by atoms with Crippen molar-refractivity contribution >= 4 is 23.1 Å². The van der Waals surface area contributed by atoms with E-state index in [0.29, 0.717) is 5.69 Å². The number of amides is 1. The van der Waals surface area contributed by atoms with Gasteiger partial charge in [-0.05, 0) is 37.3 Å². The highest BCUT2D eigenvalue weighted by Crippen LogP contribution is 2.29. The normalized spacial score (nSPS) is 11.5. The van der Waals surface area contributed by atoms with Crippen molar-refractivity contribution in [3.8, 4) is 0 Å². The van der Waals surface area contributed by atoms with Crippen molar-refractivity contribution in [3.63, 3.8) is 0 Å². The van der Waals surface area contributed by atoms with Crippen LogP contribution in [0.1, 0.15) is 34.6 Å². The van der Waals surface area contributed by atoms with Gasteiger partial charge < -0.3 is 15.5 Å². The van der Waals surface area contributed by atoms with E-state index in [2.05, 4.69) is 20.6 Å². The third-order valence-electron chi connectivity index (χ3n) is 4.69. The van der Waals surface area contributed by atoms with Crippen LogP contribution in [-0.4, -0.2) is 34.9 Å². The highest BCUT2D eigenvalue weighted by molar-refractivity contribution is 5.95. The molecule has 9 heteroatoms. The van der Waals surface area contributed by atoms with Gasteiger partial charge >= 0.3 is 0 Å². The molecule has 2 aromatic heterocycles. The largest absolute Gasteiger partial charge is 0.371 e. The number of nitro groups is 1. The number of carbonyl (C=O) groups excluding carboxylic acids is 1. The Morgan fingerprint density at radius 3 is 2.58 bits per heavy atom. The van der Waals surface area contributed by atoms with Crippen molar-refractivity contribution in [2.75, 3.05) is 24.3 Å². The molecule has 0 aliphatic heterocycles. The van der Waals surface area contributed by atoms with Crippen LogP contribution in [0.5, 0.6) is 0 Å². The molecule has 3 aromatic rings. The Hall–Kier alpha value is -4.01.